The highest BCUT2D eigenvalue weighted by Crippen LogP contribution is 2.58. The molecule has 6 fully saturated rings. The minimum absolute atomic E-state index is 0.0271. The summed E-state index contributed by atoms with van der Waals surface area (Å²) in [6.07, 6.45) is -9.95. The summed E-state index contributed by atoms with van der Waals surface area (Å²) in [5, 5.41) is 4.48. The van der Waals surface area contributed by atoms with E-state index in [0.717, 1.165) is 0 Å². The molecular weight excluding hydrogens is 1660 g/mol. The summed E-state index contributed by atoms with van der Waals surface area (Å²) in [4.78, 5) is 143. The monoisotopic (exact) mass is 1750 g/mol. The first-order valence-electron chi connectivity index (χ1n) is 36.6. The summed E-state index contributed by atoms with van der Waals surface area (Å²) in [7, 11) is -24.1. The number of carbonyl (C=O) groups is 2. The van der Waals surface area contributed by atoms with Crippen LogP contribution in [0.15, 0.2) is 77.9 Å². The zero-order chi connectivity index (χ0) is 84.6. The minimum Gasteiger partial charge on any atom is -0.408 e. The number of imidazole rings is 4. The van der Waals surface area contributed by atoms with E-state index in [9.17, 15) is 57.0 Å². The molecule has 14 N–H and O–H groups in total. The van der Waals surface area contributed by atoms with E-state index in [0.29, 0.717) is 16.7 Å². The lowest BCUT2D eigenvalue weighted by Gasteiger charge is -2.40. The molecular formula is C64H91N21O26P4Si2. The van der Waals surface area contributed by atoms with Crippen molar-refractivity contribution in [1.82, 2.24) is 78.1 Å². The lowest BCUT2D eigenvalue weighted by atomic mass is 10.1. The van der Waals surface area contributed by atoms with Crippen molar-refractivity contribution in [3.05, 3.63) is 94.6 Å². The normalized spacial score (nSPS) is 30.8. The molecule has 0 radical (unpaired) electrons. The van der Waals surface area contributed by atoms with Gasteiger partial charge in [0.1, 0.15) is 91.7 Å². The molecule has 8 aromatic heterocycles. The third-order valence-electron chi connectivity index (χ3n) is 20.9. The number of phosphoric ester groups is 4. The van der Waals surface area contributed by atoms with Gasteiger partial charge in [-0.25, -0.2) is 58.1 Å². The molecule has 1 aromatic carbocycles. The predicted molar refractivity (Wildman–Crippen MR) is 415 cm³/mol. The maximum Gasteiger partial charge on any atom is 0.472 e. The van der Waals surface area contributed by atoms with Gasteiger partial charge in [-0.15, -0.1) is 0 Å². The fraction of sp³-hybridized carbons (Fsp3) is 0.562. The Morgan fingerprint density at radius 1 is 0.530 bits per heavy atom. The molecule has 47 nitrogen and oxygen atoms in total. The van der Waals surface area contributed by atoms with E-state index < -0.39 is 194 Å². The van der Waals surface area contributed by atoms with Crippen LogP contribution in [-0.2, 0) is 87.0 Å². The topological polar surface area (TPSA) is 629 Å². The van der Waals surface area contributed by atoms with Gasteiger partial charge in [-0.1, -0.05) is 73.6 Å². The summed E-state index contributed by atoms with van der Waals surface area (Å²) in [5.41, 5.74) is 16.0. The smallest absolute Gasteiger partial charge is 0.408 e. The van der Waals surface area contributed by atoms with Crippen LogP contribution in [0.1, 0.15) is 104 Å². The van der Waals surface area contributed by atoms with Crippen molar-refractivity contribution >= 4 is 128 Å². The number of amides is 2. The first-order valence-corrected chi connectivity index (χ1v) is 48.4. The van der Waals surface area contributed by atoms with Gasteiger partial charge in [-0.05, 0) is 55.4 Å². The van der Waals surface area contributed by atoms with Crippen LogP contribution in [-0.4, -0.2) is 221 Å². The molecule has 15 rings (SSSR count). The van der Waals surface area contributed by atoms with Gasteiger partial charge in [-0.3, -0.25) is 88.9 Å². The van der Waals surface area contributed by atoms with Crippen molar-refractivity contribution in [3.63, 3.8) is 0 Å². The molecule has 2 amide bonds. The first kappa shape index (κ1) is 87.0. The highest BCUT2D eigenvalue weighted by atomic mass is 31.2. The molecule has 6 aliphatic heterocycles. The number of nitrogens with zero attached hydrogens (tertiary/aromatic N) is 14. The Morgan fingerprint density at radius 3 is 1.43 bits per heavy atom. The van der Waals surface area contributed by atoms with Gasteiger partial charge in [0.25, 0.3) is 17.0 Å². The Kier molecular flexibility index (Phi) is 24.7. The number of nitrogen functional groups attached to an aromatic ring is 2. The van der Waals surface area contributed by atoms with Crippen molar-refractivity contribution in [2.75, 3.05) is 55.6 Å². The van der Waals surface area contributed by atoms with E-state index in [-0.39, 0.29) is 74.9 Å². The maximum absolute atomic E-state index is 14.1. The summed E-state index contributed by atoms with van der Waals surface area (Å²) in [6.45, 7) is 20.3. The minimum atomic E-state index is -5.15. The predicted octanol–water partition coefficient (Wildman–Crippen LogP) is 5.69. The van der Waals surface area contributed by atoms with E-state index in [4.69, 9.17) is 75.5 Å². The van der Waals surface area contributed by atoms with Crippen LogP contribution in [0.3, 0.4) is 0 Å². The molecule has 18 atom stereocenters. The van der Waals surface area contributed by atoms with E-state index >= 15 is 0 Å². The van der Waals surface area contributed by atoms with Crippen LogP contribution in [0, 0.1) is 5.92 Å². The Labute approximate surface area is 666 Å². The van der Waals surface area contributed by atoms with E-state index in [2.05, 4.69) is 76.2 Å². The lowest BCUT2D eigenvalue weighted by molar-refractivity contribution is -0.119. The molecule has 4 unspecified atom stereocenters. The first-order chi connectivity index (χ1) is 54.9. The molecule has 117 heavy (non-hydrogen) atoms. The van der Waals surface area contributed by atoms with Gasteiger partial charge in [0.2, 0.25) is 17.8 Å². The second-order valence-electron chi connectivity index (χ2n) is 31.1. The number of benzene rings is 1. The number of ether oxygens (including phenoxy) is 4. The Bertz CT molecular complexity index is 5510. The SMILES string of the molecule is CC(C)(C)[Si](C)(C)O[C@H]1[C@H]2OP(=O)(O)OC[C@H]3O[C@@H](n4cnc5c(N)ncnc54)C[C@@H]3OP(=O)(O)OC[C@H]1O[C@H]2n1cnc2c(=O)[nH]c(N)nc21.CC(C)C(=O)Nc1nc2c(ncn2[C@@H]2O[C@@H]3COP(=O)(O)O[C@H]4C[C@H](n5cnc6c(NC(=O)c7ccccc7)ncnc65)O[C@@H]4COP(=O)(O)O[C@@H]2[C@@H]3O[Si](C)(C)C(C)(C)C)c(=O)[nH]1.CN. The number of hydrogen-bond donors (Lipinski definition) is 11. The molecule has 9 aromatic rings. The number of aromatic amines is 2. The van der Waals surface area contributed by atoms with Crippen molar-refractivity contribution in [2.45, 2.75) is 190 Å². The third-order valence-corrected chi connectivity index (χ3v) is 33.8. The van der Waals surface area contributed by atoms with Crippen molar-refractivity contribution in [3.8, 4) is 0 Å². The van der Waals surface area contributed by atoms with Gasteiger partial charge < -0.3 is 69.9 Å². The van der Waals surface area contributed by atoms with Crippen LogP contribution >= 0.6 is 31.3 Å². The fourth-order valence-corrected chi connectivity index (χ4v) is 19.4. The second kappa shape index (κ2) is 33.3. The zero-order valence-corrected chi connectivity index (χ0v) is 70.9. The van der Waals surface area contributed by atoms with Gasteiger partial charge >= 0.3 is 31.3 Å². The number of anilines is 4. The molecule has 636 valence electrons. The van der Waals surface area contributed by atoms with Gasteiger partial charge in [0.15, 0.2) is 79.9 Å². The van der Waals surface area contributed by atoms with Crippen LogP contribution < -0.4 is 39.0 Å². The molecule has 14 heterocycles. The fourth-order valence-electron chi connectivity index (χ4n) is 12.9. The van der Waals surface area contributed by atoms with E-state index in [1.54, 1.807) is 44.2 Å². The number of fused-ring (bicyclic) bond motifs is 10. The average Bonchev–Trinajstić information content (AvgIpc) is 1.60. The van der Waals surface area contributed by atoms with Crippen LogP contribution in [0.25, 0.3) is 44.7 Å². The van der Waals surface area contributed by atoms with Gasteiger partial charge in [0.05, 0.1) is 51.7 Å². The molecule has 6 aliphatic rings. The van der Waals surface area contributed by atoms with E-state index in [1.165, 1.54) is 63.3 Å². The summed E-state index contributed by atoms with van der Waals surface area (Å²) in [5.74, 6) is -1.51. The number of hydrogen-bond acceptors (Lipinski definition) is 35. The summed E-state index contributed by atoms with van der Waals surface area (Å²) in [6, 6.07) is 8.48. The largest absolute Gasteiger partial charge is 0.472 e. The second-order valence-corrected chi connectivity index (χ2v) is 46.3. The van der Waals surface area contributed by atoms with Crippen LogP contribution in [0.5, 0.6) is 0 Å². The van der Waals surface area contributed by atoms with Crippen LogP contribution in [0.4, 0.5) is 23.5 Å². The number of aromatic nitrogens is 16. The number of H-pyrrole nitrogens is 2. The summed E-state index contributed by atoms with van der Waals surface area (Å²) >= 11 is 0. The molecule has 0 spiro atoms. The molecule has 4 bridgehead atoms. The average molecular weight is 1750 g/mol. The van der Waals surface area contributed by atoms with E-state index in [1.807, 2.05) is 67.7 Å². The highest BCUT2D eigenvalue weighted by molar-refractivity contribution is 7.48. The van der Waals surface area contributed by atoms with Gasteiger partial charge in [0, 0.05) is 24.3 Å². The van der Waals surface area contributed by atoms with Crippen LogP contribution in [0.2, 0.25) is 36.3 Å². The summed E-state index contributed by atoms with van der Waals surface area (Å²) < 4.78 is 145. The Balaban J connectivity index is 0.000000204. The lowest BCUT2D eigenvalue weighted by Crippen LogP contribution is -2.50. The number of nitrogens with one attached hydrogen (secondary N) is 4. The molecule has 53 heteroatoms. The quantitative estimate of drug-likeness (QED) is 0.0516. The molecule has 0 aliphatic carbocycles. The third kappa shape index (κ3) is 18.6. The Morgan fingerprint density at radius 2 is 0.949 bits per heavy atom. The molecule has 0 saturated carbocycles. The standard InChI is InChI=1S/C37H48N10O14P2Si.C26H38N10O12P2Si.CH5N/c1-19(2)32(48)44-36-43-31-26(34(50)45-36)41-18-47(31)35-28-27(61-64(6,7)37(3,4)5)23(58-35)15-56-62(51,52)59-21-13-24(57-22(21)14-55-63(53,54)60-28)46-17-40-25-29(38-16-39-30(25)46)42-33(49)20-11-9-8-10-12-20;1-26(2,3)51(4,5)48-18-14-8-43-49(38,39)46-12-6-15(35-10-31-16-20(27)29-9-30-21(16)35)44-13(12)7-42-50(40,41)47-19(18)24(45-14)36-11-32-17-22(36)33-25(28)34-23(17)37;1-2/h8-12,16-19,21-24,27-28,35H,13-15H2,1-7H3,(H,51,52)(H,53,54)(H,38,39,42,49)(H2,43,44,45,48,50);9-15,18-19,24H,6-8H2,1-5H3,(H,38,39)(H,40,41)(H2,27,29,30)(H3,28,33,34,37);2H2,1H3/t21-,22+,23+,24+,27+,28+,35+;12-,13+,14+,15+,18+,19+,24+;/m00./s1. The van der Waals surface area contributed by atoms with Crippen molar-refractivity contribution < 1.29 is 111 Å². The number of rotatable bonds is 12. The Hall–Kier alpha value is -7.85. The molecule has 6 saturated heterocycles. The highest BCUT2D eigenvalue weighted by Gasteiger charge is 2.58. The number of nitrogens with two attached hydrogens (primary N) is 3. The maximum atomic E-state index is 14.1. The van der Waals surface area contributed by atoms with Crippen molar-refractivity contribution in [2.24, 2.45) is 11.7 Å². The number of phosphoric acid groups is 4. The zero-order valence-electron chi connectivity index (χ0n) is 65.3. The van der Waals surface area contributed by atoms with Gasteiger partial charge in [-0.2, -0.15) is 9.97 Å². The number of carbonyl (C=O) groups excluding carboxylic acids is 2. The van der Waals surface area contributed by atoms with Crippen molar-refractivity contribution in [1.29, 1.82) is 0 Å².